The third-order valence-electron chi connectivity index (χ3n) is 4.06. The Labute approximate surface area is 155 Å². The van der Waals surface area contributed by atoms with Crippen LogP contribution in [0.25, 0.3) is 0 Å². The van der Waals surface area contributed by atoms with Gasteiger partial charge in [0, 0.05) is 5.56 Å². The first-order valence-electron chi connectivity index (χ1n) is 8.36. The largest absolute Gasteiger partial charge is 0.302 e. The molecule has 2 aromatic rings. The van der Waals surface area contributed by atoms with Crippen molar-refractivity contribution in [1.82, 2.24) is 4.31 Å². The Bertz CT molecular complexity index is 931. The van der Waals surface area contributed by atoms with Crippen molar-refractivity contribution in [2.24, 2.45) is 0 Å². The molecule has 0 fully saturated rings. The quantitative estimate of drug-likeness (QED) is 0.601. The smallest absolute Gasteiger partial charge is 0.245 e. The van der Waals surface area contributed by atoms with Crippen LogP contribution >= 0.6 is 0 Å². The molecule has 1 atom stereocenters. The van der Waals surface area contributed by atoms with Gasteiger partial charge < -0.3 is 4.79 Å². The third kappa shape index (κ3) is 4.40. The minimum atomic E-state index is -3.85. The molecule has 0 aliphatic carbocycles. The first-order valence-corrected chi connectivity index (χ1v) is 9.80. The fourth-order valence-electron chi connectivity index (χ4n) is 2.95. The van der Waals surface area contributed by atoms with E-state index in [1.807, 2.05) is 49.4 Å². The van der Waals surface area contributed by atoms with Gasteiger partial charge in [0.1, 0.15) is 6.29 Å². The monoisotopic (exact) mass is 369 g/mol. The highest BCUT2D eigenvalue weighted by Crippen LogP contribution is 2.26. The molecule has 0 unspecified atom stereocenters. The van der Waals surface area contributed by atoms with Crippen LogP contribution in [-0.4, -0.2) is 31.6 Å². The van der Waals surface area contributed by atoms with Crippen molar-refractivity contribution in [2.45, 2.75) is 38.6 Å². The fourth-order valence-corrected chi connectivity index (χ4v) is 4.84. The maximum atomic E-state index is 13.2. The molecule has 26 heavy (non-hydrogen) atoms. The third-order valence-corrected chi connectivity index (χ3v) is 6.30. The number of hydrogen-bond donors (Lipinski definition) is 0. The van der Waals surface area contributed by atoms with E-state index in [2.05, 4.69) is 11.8 Å². The molecule has 2 aromatic carbocycles. The Morgan fingerprint density at radius 2 is 1.65 bits per heavy atom. The van der Waals surface area contributed by atoms with Crippen molar-refractivity contribution in [1.29, 1.82) is 0 Å². The van der Waals surface area contributed by atoms with E-state index >= 15 is 0 Å². The van der Waals surface area contributed by atoms with Gasteiger partial charge in [-0.15, -0.1) is 0 Å². The van der Waals surface area contributed by atoms with Gasteiger partial charge in [0.2, 0.25) is 10.0 Å². The number of nitrogens with zero attached hydrogens (tertiary/aromatic N) is 1. The Morgan fingerprint density at radius 3 is 2.19 bits per heavy atom. The van der Waals surface area contributed by atoms with Gasteiger partial charge >= 0.3 is 0 Å². The molecule has 0 N–H and O–H groups in total. The Kier molecular flexibility index (Phi) is 6.36. The van der Waals surface area contributed by atoms with E-state index in [0.29, 0.717) is 17.4 Å². The highest BCUT2D eigenvalue weighted by molar-refractivity contribution is 7.89. The molecule has 0 radical (unpaired) electrons. The molecule has 0 aliphatic rings. The number of aryl methyl sites for hydroxylation is 3. The fraction of sp³-hybridized carbons (Fsp3) is 0.286. The molecule has 4 nitrogen and oxygen atoms in total. The summed E-state index contributed by atoms with van der Waals surface area (Å²) in [6.07, 6.45) is 0.626. The lowest BCUT2D eigenvalue weighted by molar-refractivity contribution is -0.110. The first kappa shape index (κ1) is 19.9. The Balaban J connectivity index is 2.44. The van der Waals surface area contributed by atoms with Gasteiger partial charge in [-0.3, -0.25) is 0 Å². The normalized spacial score (nSPS) is 12.3. The molecule has 0 aromatic heterocycles. The first-order chi connectivity index (χ1) is 12.3. The van der Waals surface area contributed by atoms with Crippen LogP contribution in [0.4, 0.5) is 0 Å². The zero-order valence-electron chi connectivity index (χ0n) is 15.5. The van der Waals surface area contributed by atoms with Crippen LogP contribution in [0.3, 0.4) is 0 Å². The molecule has 0 saturated carbocycles. The van der Waals surface area contributed by atoms with Crippen molar-refractivity contribution in [3.05, 3.63) is 64.7 Å². The molecule has 0 saturated heterocycles. The summed E-state index contributed by atoms with van der Waals surface area (Å²) in [6, 6.07) is 12.2. The summed E-state index contributed by atoms with van der Waals surface area (Å²) >= 11 is 0. The molecule has 0 bridgehead atoms. The van der Waals surface area contributed by atoms with Crippen LogP contribution in [0, 0.1) is 32.6 Å². The van der Waals surface area contributed by atoms with Gasteiger partial charge in [0.25, 0.3) is 0 Å². The van der Waals surface area contributed by atoms with Gasteiger partial charge in [-0.2, -0.15) is 4.31 Å². The predicted octanol–water partition coefficient (Wildman–Crippen LogP) is 3.24. The summed E-state index contributed by atoms with van der Waals surface area (Å²) in [7, 11) is -3.85. The lowest BCUT2D eigenvalue weighted by atomic mass is 10.1. The molecule has 0 heterocycles. The van der Waals surface area contributed by atoms with Crippen LogP contribution < -0.4 is 0 Å². The Hall–Kier alpha value is -2.42. The molecule has 5 heteroatoms. The minimum absolute atomic E-state index is 0.0517. The second kappa shape index (κ2) is 8.31. The van der Waals surface area contributed by atoms with Crippen molar-refractivity contribution in [3.8, 4) is 11.8 Å². The van der Waals surface area contributed by atoms with E-state index in [1.165, 1.54) is 0 Å². The average Bonchev–Trinajstić information content (AvgIpc) is 2.57. The summed E-state index contributed by atoms with van der Waals surface area (Å²) in [4.78, 5) is 11.6. The van der Waals surface area contributed by atoms with Gasteiger partial charge in [0.05, 0.1) is 17.5 Å². The lowest BCUT2D eigenvalue weighted by Gasteiger charge is -2.25. The number of rotatable bonds is 5. The van der Waals surface area contributed by atoms with E-state index in [4.69, 9.17) is 0 Å². The number of hydrogen-bond acceptors (Lipinski definition) is 3. The lowest BCUT2D eigenvalue weighted by Crippen LogP contribution is -2.40. The van der Waals surface area contributed by atoms with Crippen molar-refractivity contribution < 1.29 is 13.2 Å². The highest BCUT2D eigenvalue weighted by atomic mass is 32.2. The Morgan fingerprint density at radius 1 is 1.08 bits per heavy atom. The summed E-state index contributed by atoms with van der Waals surface area (Å²) in [5.41, 5.74) is 3.13. The van der Waals surface area contributed by atoms with Crippen molar-refractivity contribution >= 4 is 16.3 Å². The van der Waals surface area contributed by atoms with Crippen LogP contribution in [0.15, 0.2) is 47.4 Å². The van der Waals surface area contributed by atoms with Crippen molar-refractivity contribution in [3.63, 3.8) is 0 Å². The topological polar surface area (TPSA) is 54.5 Å². The second-order valence-corrected chi connectivity index (χ2v) is 8.15. The second-order valence-electron chi connectivity index (χ2n) is 6.32. The summed E-state index contributed by atoms with van der Waals surface area (Å²) in [5.74, 6) is 5.82. The van der Waals surface area contributed by atoms with Gasteiger partial charge in [-0.05, 0) is 51.0 Å². The zero-order chi connectivity index (χ0) is 19.3. The molecule has 2 rings (SSSR count). The van der Waals surface area contributed by atoms with Gasteiger partial charge in [-0.25, -0.2) is 8.42 Å². The average molecular weight is 369 g/mol. The minimum Gasteiger partial charge on any atom is -0.302 e. The molecule has 0 spiro atoms. The van der Waals surface area contributed by atoms with E-state index in [9.17, 15) is 13.2 Å². The van der Waals surface area contributed by atoms with Gasteiger partial charge in [-0.1, -0.05) is 47.7 Å². The summed E-state index contributed by atoms with van der Waals surface area (Å²) in [5, 5.41) is 0. The number of aldehydes is 1. The van der Waals surface area contributed by atoms with Crippen LogP contribution in [0.2, 0.25) is 0 Å². The highest BCUT2D eigenvalue weighted by Gasteiger charge is 2.31. The zero-order valence-corrected chi connectivity index (χ0v) is 16.3. The maximum absolute atomic E-state index is 13.2. The van der Waals surface area contributed by atoms with Gasteiger partial charge in [0.15, 0.2) is 0 Å². The van der Waals surface area contributed by atoms with E-state index in [-0.39, 0.29) is 11.4 Å². The SMILES string of the molecule is Cc1cc(C)c(S(=O)(=O)N(CC#Cc2ccccc2)[C@@H](C)C=O)c(C)c1. The molecule has 0 amide bonds. The maximum Gasteiger partial charge on any atom is 0.245 e. The number of carbonyl (C=O) groups excluding carboxylic acids is 1. The molecular formula is C21H23NO3S. The standard InChI is InChI=1S/C21H23NO3S/c1-16-13-17(2)21(18(3)14-16)26(24,25)22(19(4)15-23)12-8-11-20-9-6-5-7-10-20/h5-7,9-10,13-15,19H,12H2,1-4H3/t19-/m0/s1. The molecule has 0 aliphatic heterocycles. The van der Waals surface area contributed by atoms with E-state index < -0.39 is 16.1 Å². The summed E-state index contributed by atoms with van der Waals surface area (Å²) in [6.45, 7) is 6.98. The number of benzene rings is 2. The van der Waals surface area contributed by atoms with Crippen LogP contribution in [0.1, 0.15) is 29.2 Å². The number of carbonyl (C=O) groups is 1. The predicted molar refractivity (Wildman–Crippen MR) is 103 cm³/mol. The van der Waals surface area contributed by atoms with Crippen LogP contribution in [-0.2, 0) is 14.8 Å². The van der Waals surface area contributed by atoms with E-state index in [1.54, 1.807) is 20.8 Å². The number of sulfonamides is 1. The molecule has 136 valence electrons. The molecular weight excluding hydrogens is 346 g/mol. The summed E-state index contributed by atoms with van der Waals surface area (Å²) < 4.78 is 27.6. The van der Waals surface area contributed by atoms with E-state index in [0.717, 1.165) is 15.4 Å². The van der Waals surface area contributed by atoms with Crippen LogP contribution in [0.5, 0.6) is 0 Å². The van der Waals surface area contributed by atoms with Crippen molar-refractivity contribution in [2.75, 3.05) is 6.54 Å².